The van der Waals surface area contributed by atoms with Crippen molar-refractivity contribution in [2.45, 2.75) is 16.1 Å². The number of hydrogen-bond acceptors (Lipinski definition) is 4. The second-order valence-corrected chi connectivity index (χ2v) is 8.41. The molecule has 4 nitrogen and oxygen atoms in total. The van der Waals surface area contributed by atoms with Gasteiger partial charge in [-0.25, -0.2) is 8.42 Å². The molecule has 0 unspecified atom stereocenters. The third-order valence-corrected chi connectivity index (χ3v) is 7.28. The highest BCUT2D eigenvalue weighted by atomic mass is 35.5. The third-order valence-electron chi connectivity index (χ3n) is 4.69. The van der Waals surface area contributed by atoms with E-state index in [0.29, 0.717) is 5.02 Å². The third kappa shape index (κ3) is 2.58. The minimum absolute atomic E-state index is 0.112. The van der Waals surface area contributed by atoms with E-state index >= 15 is 0 Å². The summed E-state index contributed by atoms with van der Waals surface area (Å²) in [5.41, 5.74) is 5.90. The molecule has 0 aliphatic heterocycles. The molecular weight excluding hydrogens is 334 g/mol. The number of rotatable bonds is 5. The van der Waals surface area contributed by atoms with E-state index in [1.807, 2.05) is 30.3 Å². The zero-order valence-electron chi connectivity index (χ0n) is 12.4. The average molecular weight is 352 g/mol. The summed E-state index contributed by atoms with van der Waals surface area (Å²) in [7, 11) is -3.61. The summed E-state index contributed by atoms with van der Waals surface area (Å²) in [5.74, 6) is -0.306. The van der Waals surface area contributed by atoms with Crippen LogP contribution in [0.2, 0.25) is 5.02 Å². The molecule has 23 heavy (non-hydrogen) atoms. The predicted octanol–water partition coefficient (Wildman–Crippen LogP) is 2.22. The number of halogens is 1. The highest BCUT2D eigenvalue weighted by Crippen LogP contribution is 2.63. The first-order chi connectivity index (χ1) is 11.0. The van der Waals surface area contributed by atoms with Gasteiger partial charge in [-0.3, -0.25) is 0 Å². The van der Waals surface area contributed by atoms with Crippen LogP contribution in [0.1, 0.15) is 11.5 Å². The van der Waals surface area contributed by atoms with Crippen molar-refractivity contribution < 1.29 is 13.5 Å². The van der Waals surface area contributed by atoms with Crippen molar-refractivity contribution in [1.29, 1.82) is 0 Å². The average Bonchev–Trinajstić information content (AvgIpc) is 3.27. The molecular formula is C17H18ClNO3S. The summed E-state index contributed by atoms with van der Waals surface area (Å²) in [4.78, 5) is 0.205. The highest BCUT2D eigenvalue weighted by Gasteiger charge is 2.70. The second-order valence-electron chi connectivity index (χ2n) is 5.90. The topological polar surface area (TPSA) is 80.4 Å². The second kappa shape index (κ2) is 5.91. The molecule has 0 spiro atoms. The minimum atomic E-state index is -3.61. The van der Waals surface area contributed by atoms with Crippen molar-refractivity contribution in [1.82, 2.24) is 0 Å². The minimum Gasteiger partial charge on any atom is -0.396 e. The van der Waals surface area contributed by atoms with E-state index in [9.17, 15) is 13.5 Å². The molecule has 3 N–H and O–H groups in total. The van der Waals surface area contributed by atoms with E-state index in [1.54, 1.807) is 12.1 Å². The monoisotopic (exact) mass is 351 g/mol. The van der Waals surface area contributed by atoms with Crippen LogP contribution in [0.15, 0.2) is 59.5 Å². The Morgan fingerprint density at radius 1 is 1.09 bits per heavy atom. The Morgan fingerprint density at radius 2 is 1.70 bits per heavy atom. The van der Waals surface area contributed by atoms with Gasteiger partial charge in [0.15, 0.2) is 9.84 Å². The maximum absolute atomic E-state index is 13.0. The lowest BCUT2D eigenvalue weighted by Crippen LogP contribution is -2.27. The number of hydrogen-bond donors (Lipinski definition) is 2. The molecule has 1 aliphatic carbocycles. The fourth-order valence-corrected chi connectivity index (χ4v) is 5.95. The van der Waals surface area contributed by atoms with Gasteiger partial charge in [-0.05, 0) is 29.8 Å². The number of benzene rings is 2. The number of sulfone groups is 1. The number of aliphatic hydroxyl groups is 1. The van der Waals surface area contributed by atoms with Crippen LogP contribution in [0.4, 0.5) is 0 Å². The molecule has 0 saturated heterocycles. The molecule has 0 heterocycles. The highest BCUT2D eigenvalue weighted by molar-refractivity contribution is 7.92. The summed E-state index contributed by atoms with van der Waals surface area (Å²) < 4.78 is 26.0. The summed E-state index contributed by atoms with van der Waals surface area (Å²) in [6.45, 7) is -0.152. The predicted molar refractivity (Wildman–Crippen MR) is 90.2 cm³/mol. The SMILES string of the molecule is NC[C@@]1(CO)[C@@H](c2ccccc2)[C@@H]1S(=O)(=O)c1ccc(Cl)cc1. The maximum atomic E-state index is 13.0. The quantitative estimate of drug-likeness (QED) is 0.865. The van der Waals surface area contributed by atoms with Crippen molar-refractivity contribution >= 4 is 21.4 Å². The van der Waals surface area contributed by atoms with Crippen molar-refractivity contribution in [2.75, 3.05) is 13.2 Å². The summed E-state index contributed by atoms with van der Waals surface area (Å²) in [5, 5.41) is 9.60. The maximum Gasteiger partial charge on any atom is 0.182 e. The molecule has 0 radical (unpaired) electrons. The fourth-order valence-electron chi connectivity index (χ4n) is 3.38. The molecule has 2 aromatic carbocycles. The molecule has 0 bridgehead atoms. The molecule has 1 fully saturated rings. The van der Waals surface area contributed by atoms with Crippen LogP contribution in [-0.2, 0) is 9.84 Å². The first kappa shape index (κ1) is 16.5. The Morgan fingerprint density at radius 3 is 2.22 bits per heavy atom. The molecule has 2 aromatic rings. The Balaban J connectivity index is 2.05. The van der Waals surface area contributed by atoms with Crippen LogP contribution in [0.3, 0.4) is 0 Å². The lowest BCUT2D eigenvalue weighted by atomic mass is 10.0. The van der Waals surface area contributed by atoms with Gasteiger partial charge >= 0.3 is 0 Å². The lowest BCUT2D eigenvalue weighted by molar-refractivity contribution is 0.212. The Bertz CT molecular complexity index is 786. The van der Waals surface area contributed by atoms with E-state index in [4.69, 9.17) is 17.3 Å². The number of aliphatic hydroxyl groups excluding tert-OH is 1. The van der Waals surface area contributed by atoms with Gasteiger partial charge in [0.2, 0.25) is 0 Å². The van der Waals surface area contributed by atoms with Crippen molar-refractivity contribution in [3.63, 3.8) is 0 Å². The van der Waals surface area contributed by atoms with E-state index < -0.39 is 20.5 Å². The Hall–Kier alpha value is -1.40. The largest absolute Gasteiger partial charge is 0.396 e. The van der Waals surface area contributed by atoms with E-state index in [0.717, 1.165) is 5.56 Å². The van der Waals surface area contributed by atoms with Crippen LogP contribution in [-0.4, -0.2) is 31.9 Å². The van der Waals surface area contributed by atoms with Gasteiger partial charge in [0.25, 0.3) is 0 Å². The van der Waals surface area contributed by atoms with E-state index in [-0.39, 0.29) is 24.0 Å². The van der Waals surface area contributed by atoms with Gasteiger partial charge in [0.05, 0.1) is 16.8 Å². The van der Waals surface area contributed by atoms with Crippen molar-refractivity contribution in [3.05, 3.63) is 65.2 Å². The molecule has 6 heteroatoms. The van der Waals surface area contributed by atoms with Crippen LogP contribution < -0.4 is 5.73 Å². The first-order valence-corrected chi connectivity index (χ1v) is 9.25. The smallest absolute Gasteiger partial charge is 0.182 e. The van der Waals surface area contributed by atoms with Crippen LogP contribution in [0.25, 0.3) is 0 Å². The van der Waals surface area contributed by atoms with Gasteiger partial charge in [-0.2, -0.15) is 0 Å². The van der Waals surface area contributed by atoms with Gasteiger partial charge in [0, 0.05) is 22.9 Å². The van der Waals surface area contributed by atoms with Gasteiger partial charge < -0.3 is 10.8 Å². The zero-order chi connectivity index (χ0) is 16.7. The van der Waals surface area contributed by atoms with Gasteiger partial charge in [-0.1, -0.05) is 41.9 Å². The molecule has 3 atom stereocenters. The standard InChI is InChI=1S/C17H18ClNO3S/c18-13-6-8-14(9-7-13)23(21,22)16-15(17(16,10-19)11-20)12-4-2-1-3-5-12/h1-9,15-16,20H,10-11,19H2/t15-,16-,17+/m0/s1. The Labute approximate surface area is 140 Å². The molecule has 3 rings (SSSR count). The zero-order valence-corrected chi connectivity index (χ0v) is 14.0. The normalized spacial score (nSPS) is 26.9. The van der Waals surface area contributed by atoms with E-state index in [1.165, 1.54) is 12.1 Å². The van der Waals surface area contributed by atoms with Crippen LogP contribution >= 0.6 is 11.6 Å². The van der Waals surface area contributed by atoms with Crippen molar-refractivity contribution in [2.24, 2.45) is 11.1 Å². The van der Waals surface area contributed by atoms with Crippen LogP contribution in [0.5, 0.6) is 0 Å². The van der Waals surface area contributed by atoms with Crippen LogP contribution in [0, 0.1) is 5.41 Å². The summed E-state index contributed by atoms with van der Waals surface area (Å²) >= 11 is 5.84. The first-order valence-electron chi connectivity index (χ1n) is 7.33. The Kier molecular flexibility index (Phi) is 4.23. The van der Waals surface area contributed by atoms with Gasteiger partial charge in [0.1, 0.15) is 0 Å². The van der Waals surface area contributed by atoms with Gasteiger partial charge in [-0.15, -0.1) is 0 Å². The summed E-state index contributed by atoms with van der Waals surface area (Å²) in [6, 6.07) is 15.4. The van der Waals surface area contributed by atoms with E-state index in [2.05, 4.69) is 0 Å². The molecule has 1 aliphatic rings. The number of nitrogens with two attached hydrogens (primary N) is 1. The molecule has 1 saturated carbocycles. The lowest BCUT2D eigenvalue weighted by Gasteiger charge is -2.12. The molecule has 0 amide bonds. The fraction of sp³-hybridized carbons (Fsp3) is 0.294. The molecule has 0 aromatic heterocycles. The summed E-state index contributed by atoms with van der Waals surface area (Å²) in [6.07, 6.45) is 0. The van der Waals surface area contributed by atoms with Crippen molar-refractivity contribution in [3.8, 4) is 0 Å². The molecule has 122 valence electrons.